The third-order valence-electron chi connectivity index (χ3n) is 9.01. The van der Waals surface area contributed by atoms with Gasteiger partial charge in [0.1, 0.15) is 13.2 Å². The molecule has 0 aromatic heterocycles. The number of aliphatic hydroxyl groups excluding tert-OH is 1. The van der Waals surface area contributed by atoms with E-state index in [1.54, 1.807) is 0 Å². The van der Waals surface area contributed by atoms with E-state index in [0.717, 1.165) is 44.9 Å². The second-order valence-electron chi connectivity index (χ2n) is 15.0. The van der Waals surface area contributed by atoms with Crippen LogP contribution in [0, 0.1) is 0 Å². The Hall–Kier alpha value is -0.760. The maximum absolute atomic E-state index is 12.8. The fraction of sp³-hybridized carbons (Fsp3) is 0.923. The van der Waals surface area contributed by atoms with Crippen LogP contribution in [-0.4, -0.2) is 73.4 Å². The molecule has 0 saturated carbocycles. The van der Waals surface area contributed by atoms with Gasteiger partial charge >= 0.3 is 7.82 Å². The van der Waals surface area contributed by atoms with Gasteiger partial charge in [-0.15, -0.1) is 0 Å². The lowest BCUT2D eigenvalue weighted by Gasteiger charge is -2.26. The maximum Gasteiger partial charge on any atom is 0.472 e. The van der Waals surface area contributed by atoms with Crippen LogP contribution in [0.5, 0.6) is 0 Å². The molecule has 3 atom stereocenters. The van der Waals surface area contributed by atoms with Crippen LogP contribution < -0.4 is 5.32 Å². The minimum atomic E-state index is -4.31. The molecule has 0 aliphatic carbocycles. The Labute approximate surface area is 297 Å². The molecule has 0 aromatic carbocycles. The predicted octanol–water partition coefficient (Wildman–Crippen LogP) is 10.4. The molecule has 8 nitrogen and oxygen atoms in total. The number of amides is 1. The second-order valence-corrected chi connectivity index (χ2v) is 16.5. The number of nitrogens with zero attached hydrogens (tertiary/aromatic N) is 1. The summed E-state index contributed by atoms with van der Waals surface area (Å²) in [5.41, 5.74) is 0. The van der Waals surface area contributed by atoms with Gasteiger partial charge in [-0.1, -0.05) is 148 Å². The van der Waals surface area contributed by atoms with Gasteiger partial charge in [-0.05, 0) is 38.5 Å². The number of phosphoric ester groups is 1. The molecule has 0 rings (SSSR count). The lowest BCUT2D eigenvalue weighted by Crippen LogP contribution is -2.46. The number of hydrogen-bond acceptors (Lipinski definition) is 5. The summed E-state index contributed by atoms with van der Waals surface area (Å²) in [6.45, 7) is 4.84. The van der Waals surface area contributed by atoms with Crippen molar-refractivity contribution in [1.29, 1.82) is 0 Å². The number of aliphatic hydroxyl groups is 1. The van der Waals surface area contributed by atoms with Crippen LogP contribution in [0.2, 0.25) is 0 Å². The number of quaternary nitrogens is 1. The van der Waals surface area contributed by atoms with Crippen LogP contribution in [-0.2, 0) is 18.4 Å². The summed E-state index contributed by atoms with van der Waals surface area (Å²) < 4.78 is 23.5. The van der Waals surface area contributed by atoms with Gasteiger partial charge in [-0.25, -0.2) is 4.57 Å². The van der Waals surface area contributed by atoms with Gasteiger partial charge < -0.3 is 19.8 Å². The van der Waals surface area contributed by atoms with Crippen molar-refractivity contribution in [2.24, 2.45) is 0 Å². The van der Waals surface area contributed by atoms with Gasteiger partial charge in [-0.3, -0.25) is 13.8 Å². The summed E-state index contributed by atoms with van der Waals surface area (Å²) in [7, 11) is 1.60. The van der Waals surface area contributed by atoms with E-state index in [1.807, 2.05) is 21.1 Å². The highest BCUT2D eigenvalue weighted by Gasteiger charge is 2.28. The van der Waals surface area contributed by atoms with Crippen LogP contribution in [0.3, 0.4) is 0 Å². The van der Waals surface area contributed by atoms with Crippen molar-refractivity contribution in [2.45, 2.75) is 193 Å². The van der Waals surface area contributed by atoms with Gasteiger partial charge in [0.15, 0.2) is 0 Å². The van der Waals surface area contributed by atoms with Crippen molar-refractivity contribution < 1.29 is 32.9 Å². The number of rotatable bonds is 36. The second kappa shape index (κ2) is 32.2. The summed E-state index contributed by atoms with van der Waals surface area (Å²) in [5, 5.41) is 13.8. The van der Waals surface area contributed by atoms with E-state index < -0.39 is 20.0 Å². The summed E-state index contributed by atoms with van der Waals surface area (Å²) >= 11 is 0. The monoisotopic (exact) mass is 704 g/mol. The van der Waals surface area contributed by atoms with Gasteiger partial charge in [0.05, 0.1) is 39.9 Å². The van der Waals surface area contributed by atoms with E-state index in [1.165, 1.54) is 109 Å². The Morgan fingerprint density at radius 2 is 1.12 bits per heavy atom. The average molecular weight is 704 g/mol. The largest absolute Gasteiger partial charge is 0.472 e. The zero-order valence-corrected chi connectivity index (χ0v) is 33.1. The molecule has 1 unspecified atom stereocenters. The SMILES string of the molecule is CCCCCCCCCCCCC/C=C/CCCC[C@H](O)[C@@H](COP(=O)(O)OCC[N+](C)(C)C)NC(=O)CCCCCCCCCCC. The number of likely N-dealkylation sites (N-methyl/N-ethyl adjacent to an activating group) is 1. The molecule has 9 heteroatoms. The van der Waals surface area contributed by atoms with Crippen LogP contribution in [0.1, 0.15) is 181 Å². The molecular weight excluding hydrogens is 623 g/mol. The third kappa shape index (κ3) is 33.7. The van der Waals surface area contributed by atoms with E-state index in [9.17, 15) is 19.4 Å². The van der Waals surface area contributed by atoms with Crippen molar-refractivity contribution in [2.75, 3.05) is 40.9 Å². The normalized spacial score (nSPS) is 14.7. The smallest absolute Gasteiger partial charge is 0.391 e. The van der Waals surface area contributed by atoms with Crippen LogP contribution in [0.15, 0.2) is 12.2 Å². The highest BCUT2D eigenvalue weighted by Crippen LogP contribution is 2.43. The first-order chi connectivity index (χ1) is 23.0. The Kier molecular flexibility index (Phi) is 31.7. The van der Waals surface area contributed by atoms with Crippen molar-refractivity contribution in [3.63, 3.8) is 0 Å². The number of phosphoric acid groups is 1. The zero-order chi connectivity index (χ0) is 35.8. The van der Waals surface area contributed by atoms with Crippen LogP contribution in [0.25, 0.3) is 0 Å². The number of carbonyl (C=O) groups excluding carboxylic acids is 1. The number of nitrogens with one attached hydrogen (secondary N) is 1. The first-order valence-electron chi connectivity index (χ1n) is 20.1. The Morgan fingerprint density at radius 3 is 1.60 bits per heavy atom. The van der Waals surface area contributed by atoms with E-state index in [4.69, 9.17) is 9.05 Å². The highest BCUT2D eigenvalue weighted by atomic mass is 31.2. The Balaban J connectivity index is 4.42. The van der Waals surface area contributed by atoms with Gasteiger partial charge in [0, 0.05) is 6.42 Å². The molecule has 0 saturated heterocycles. The fourth-order valence-electron chi connectivity index (χ4n) is 5.74. The summed E-state index contributed by atoms with van der Waals surface area (Å²) in [5.74, 6) is -0.158. The fourth-order valence-corrected chi connectivity index (χ4v) is 6.48. The molecule has 1 amide bonds. The standard InChI is InChI=1S/C39H79N2O6P/c1-6-8-10-12-14-16-17-18-19-20-21-22-23-25-26-28-30-32-38(42)37(36-47-48(44,45)46-35-34-41(3,4)5)40-39(43)33-31-29-27-24-15-13-11-9-7-2/h23,25,37-38,42H,6-22,24,26-36H2,1-5H3,(H-,40,43,44,45)/p+1/b25-23+/t37-,38+/m1/s1. The van der Waals surface area contributed by atoms with Gasteiger partial charge in [0.2, 0.25) is 5.91 Å². The van der Waals surface area contributed by atoms with Crippen molar-refractivity contribution >= 4 is 13.7 Å². The lowest BCUT2D eigenvalue weighted by atomic mass is 10.0. The molecule has 0 aliphatic heterocycles. The molecule has 0 fully saturated rings. The lowest BCUT2D eigenvalue weighted by molar-refractivity contribution is -0.870. The maximum atomic E-state index is 12.8. The molecule has 48 heavy (non-hydrogen) atoms. The van der Waals surface area contributed by atoms with Crippen LogP contribution >= 0.6 is 7.82 Å². The molecule has 0 bridgehead atoms. The van der Waals surface area contributed by atoms with Crippen molar-refractivity contribution in [3.05, 3.63) is 12.2 Å². The third-order valence-corrected chi connectivity index (χ3v) is 10.00. The van der Waals surface area contributed by atoms with Crippen molar-refractivity contribution in [1.82, 2.24) is 5.32 Å². The minimum Gasteiger partial charge on any atom is -0.391 e. The van der Waals surface area contributed by atoms with E-state index in [2.05, 4.69) is 31.3 Å². The quantitative estimate of drug-likeness (QED) is 0.0260. The average Bonchev–Trinajstić information content (AvgIpc) is 3.02. The Bertz CT molecular complexity index is 804. The first kappa shape index (κ1) is 47.2. The highest BCUT2D eigenvalue weighted by molar-refractivity contribution is 7.47. The topological polar surface area (TPSA) is 105 Å². The molecule has 3 N–H and O–H groups in total. The minimum absolute atomic E-state index is 0.0717. The van der Waals surface area contributed by atoms with Gasteiger partial charge in [0.25, 0.3) is 0 Å². The summed E-state index contributed by atoms with van der Waals surface area (Å²) in [6, 6.07) is -0.768. The summed E-state index contributed by atoms with van der Waals surface area (Å²) in [4.78, 5) is 23.0. The number of hydrogen-bond donors (Lipinski definition) is 3. The molecule has 0 aliphatic rings. The number of unbranched alkanes of at least 4 members (excludes halogenated alkanes) is 21. The Morgan fingerprint density at radius 1 is 0.688 bits per heavy atom. The van der Waals surface area contributed by atoms with E-state index in [0.29, 0.717) is 23.9 Å². The first-order valence-corrected chi connectivity index (χ1v) is 21.5. The van der Waals surface area contributed by atoms with Crippen LogP contribution in [0.4, 0.5) is 0 Å². The molecule has 0 radical (unpaired) electrons. The molecule has 0 aromatic rings. The van der Waals surface area contributed by atoms with E-state index >= 15 is 0 Å². The van der Waals surface area contributed by atoms with E-state index in [-0.39, 0.29) is 19.1 Å². The predicted molar refractivity (Wildman–Crippen MR) is 203 cm³/mol. The number of carbonyl (C=O) groups is 1. The summed E-state index contributed by atoms with van der Waals surface area (Å²) in [6.07, 6.45) is 33.8. The molecule has 0 heterocycles. The molecule has 0 spiro atoms. The molecule has 286 valence electrons. The van der Waals surface area contributed by atoms with Gasteiger partial charge in [-0.2, -0.15) is 0 Å². The molecular formula is C39H80N2O6P+. The number of allylic oxidation sites excluding steroid dienone is 2. The zero-order valence-electron chi connectivity index (χ0n) is 32.2. The van der Waals surface area contributed by atoms with Crippen molar-refractivity contribution in [3.8, 4) is 0 Å².